The van der Waals surface area contributed by atoms with E-state index in [2.05, 4.69) is 10.3 Å². The van der Waals surface area contributed by atoms with Gasteiger partial charge in [0.1, 0.15) is 5.75 Å². The van der Waals surface area contributed by atoms with Crippen LogP contribution in [0.15, 0.2) is 48.7 Å². The molecule has 1 aromatic heterocycles. The van der Waals surface area contributed by atoms with Gasteiger partial charge in [-0.2, -0.15) is 0 Å². The molecule has 1 amide bonds. The van der Waals surface area contributed by atoms with Crippen LogP contribution in [0.1, 0.15) is 10.4 Å². The van der Waals surface area contributed by atoms with E-state index in [1.54, 1.807) is 37.4 Å². The van der Waals surface area contributed by atoms with Gasteiger partial charge in [0, 0.05) is 23.3 Å². The summed E-state index contributed by atoms with van der Waals surface area (Å²) < 4.78 is 5.13. The van der Waals surface area contributed by atoms with E-state index in [-0.39, 0.29) is 5.91 Å². The molecule has 0 fully saturated rings. The fourth-order valence-corrected chi connectivity index (χ4v) is 2.28. The van der Waals surface area contributed by atoms with Crippen LogP contribution in [0.4, 0.5) is 5.69 Å². The lowest BCUT2D eigenvalue weighted by molar-refractivity contribution is 0.102. The van der Waals surface area contributed by atoms with Crippen molar-refractivity contribution in [1.29, 1.82) is 0 Å². The van der Waals surface area contributed by atoms with E-state index in [1.807, 2.05) is 18.3 Å². The van der Waals surface area contributed by atoms with Crippen LogP contribution in [0.5, 0.6) is 5.75 Å². The van der Waals surface area contributed by atoms with Gasteiger partial charge in [-0.25, -0.2) is 0 Å². The van der Waals surface area contributed by atoms with Crippen LogP contribution < -0.4 is 10.1 Å². The highest BCUT2D eigenvalue weighted by molar-refractivity contribution is 6.34. The topological polar surface area (TPSA) is 54.1 Å². The number of anilines is 1. The van der Waals surface area contributed by atoms with E-state index in [9.17, 15) is 4.79 Å². The van der Waals surface area contributed by atoms with E-state index in [0.717, 1.165) is 10.9 Å². The van der Waals surface area contributed by atoms with Gasteiger partial charge in [0.2, 0.25) is 0 Å². The summed E-state index contributed by atoms with van der Waals surface area (Å²) in [6.45, 7) is 0. The summed E-state index contributed by atoms with van der Waals surface area (Å²) in [4.78, 5) is 15.4. The van der Waals surface area contributed by atoms with Crippen molar-refractivity contribution in [3.8, 4) is 5.75 Å². The number of hydrogen-bond acceptors (Lipinski definition) is 2. The molecule has 21 heavy (non-hydrogen) atoms. The maximum Gasteiger partial charge on any atom is 0.255 e. The zero-order chi connectivity index (χ0) is 14.8. The number of aromatic amines is 1. The molecule has 0 unspecified atom stereocenters. The molecule has 3 aromatic rings. The number of carbonyl (C=O) groups excluding carboxylic acids is 1. The number of carbonyl (C=O) groups is 1. The first-order chi connectivity index (χ1) is 10.2. The second-order valence-corrected chi connectivity index (χ2v) is 4.99. The number of ether oxygens (including phenoxy) is 1. The first kappa shape index (κ1) is 13.5. The minimum atomic E-state index is -0.221. The lowest BCUT2D eigenvalue weighted by Gasteiger charge is -2.09. The lowest BCUT2D eigenvalue weighted by Crippen LogP contribution is -2.12. The highest BCUT2D eigenvalue weighted by Gasteiger charge is 2.10. The van der Waals surface area contributed by atoms with Gasteiger partial charge in [0.15, 0.2) is 0 Å². The van der Waals surface area contributed by atoms with Crippen molar-refractivity contribution in [3.63, 3.8) is 0 Å². The molecule has 0 atom stereocenters. The molecule has 2 aromatic carbocycles. The van der Waals surface area contributed by atoms with Crippen LogP contribution in [-0.2, 0) is 0 Å². The summed E-state index contributed by atoms with van der Waals surface area (Å²) >= 11 is 6.09. The Hall–Kier alpha value is -2.46. The molecule has 0 aliphatic heterocycles. The largest absolute Gasteiger partial charge is 0.497 e. The van der Waals surface area contributed by atoms with Crippen molar-refractivity contribution >= 4 is 34.1 Å². The Labute approximate surface area is 126 Å². The SMILES string of the molecule is COc1ccc(Cl)c(NC(=O)c2ccc3cc[nH]c3c2)c1. The quantitative estimate of drug-likeness (QED) is 0.765. The standard InChI is InChI=1S/C16H13ClN2O2/c1-21-12-4-5-13(17)15(9-12)19-16(20)11-3-2-10-6-7-18-14(10)8-11/h2-9,18H,1H3,(H,19,20). The third-order valence-corrected chi connectivity index (χ3v) is 3.57. The molecule has 0 bridgehead atoms. The molecule has 1 heterocycles. The number of nitrogens with one attached hydrogen (secondary N) is 2. The summed E-state index contributed by atoms with van der Waals surface area (Å²) in [6.07, 6.45) is 1.84. The molecular weight excluding hydrogens is 288 g/mol. The first-order valence-electron chi connectivity index (χ1n) is 6.39. The van der Waals surface area contributed by atoms with Gasteiger partial charge < -0.3 is 15.0 Å². The van der Waals surface area contributed by atoms with E-state index in [4.69, 9.17) is 16.3 Å². The van der Waals surface area contributed by atoms with Gasteiger partial charge in [0.05, 0.1) is 17.8 Å². The van der Waals surface area contributed by atoms with Gasteiger partial charge in [0.25, 0.3) is 5.91 Å². The second kappa shape index (κ2) is 5.50. The Morgan fingerprint density at radius 2 is 2.05 bits per heavy atom. The predicted octanol–water partition coefficient (Wildman–Crippen LogP) is 4.08. The van der Waals surface area contributed by atoms with Crippen molar-refractivity contribution in [2.24, 2.45) is 0 Å². The van der Waals surface area contributed by atoms with Crippen molar-refractivity contribution < 1.29 is 9.53 Å². The summed E-state index contributed by atoms with van der Waals surface area (Å²) in [5.41, 5.74) is 2.00. The first-order valence-corrected chi connectivity index (χ1v) is 6.77. The number of benzene rings is 2. The molecule has 106 valence electrons. The molecule has 0 saturated heterocycles. The number of amides is 1. The van der Waals surface area contributed by atoms with Crippen molar-refractivity contribution in [1.82, 2.24) is 4.98 Å². The molecular formula is C16H13ClN2O2. The molecule has 2 N–H and O–H groups in total. The van der Waals surface area contributed by atoms with Crippen LogP contribution in [0.3, 0.4) is 0 Å². The smallest absolute Gasteiger partial charge is 0.255 e. The normalized spacial score (nSPS) is 10.6. The molecule has 5 heteroatoms. The summed E-state index contributed by atoms with van der Waals surface area (Å²) in [6, 6.07) is 12.5. The molecule has 0 aliphatic rings. The van der Waals surface area contributed by atoms with Gasteiger partial charge in [-0.3, -0.25) is 4.79 Å². The minimum Gasteiger partial charge on any atom is -0.497 e. The number of rotatable bonds is 3. The third-order valence-electron chi connectivity index (χ3n) is 3.24. The number of aromatic nitrogens is 1. The average molecular weight is 301 g/mol. The van der Waals surface area contributed by atoms with E-state index >= 15 is 0 Å². The lowest BCUT2D eigenvalue weighted by atomic mass is 10.1. The molecule has 4 nitrogen and oxygen atoms in total. The Kier molecular flexibility index (Phi) is 3.54. The monoisotopic (exact) mass is 300 g/mol. The van der Waals surface area contributed by atoms with Crippen LogP contribution in [-0.4, -0.2) is 18.0 Å². The van der Waals surface area contributed by atoms with E-state index in [0.29, 0.717) is 22.0 Å². The second-order valence-electron chi connectivity index (χ2n) is 4.58. The fraction of sp³-hybridized carbons (Fsp3) is 0.0625. The van der Waals surface area contributed by atoms with Crippen LogP contribution in [0, 0.1) is 0 Å². The number of fused-ring (bicyclic) bond motifs is 1. The summed E-state index contributed by atoms with van der Waals surface area (Å²) in [7, 11) is 1.56. The van der Waals surface area contributed by atoms with Gasteiger partial charge in [-0.05, 0) is 35.7 Å². The van der Waals surface area contributed by atoms with Crippen LogP contribution in [0.25, 0.3) is 10.9 Å². The number of hydrogen-bond donors (Lipinski definition) is 2. The van der Waals surface area contributed by atoms with E-state index < -0.39 is 0 Å². The van der Waals surface area contributed by atoms with Crippen molar-refractivity contribution in [3.05, 3.63) is 59.2 Å². The van der Waals surface area contributed by atoms with Crippen LogP contribution in [0.2, 0.25) is 5.02 Å². The van der Waals surface area contributed by atoms with Gasteiger partial charge >= 0.3 is 0 Å². The fourth-order valence-electron chi connectivity index (χ4n) is 2.11. The number of methoxy groups -OCH3 is 1. The summed E-state index contributed by atoms with van der Waals surface area (Å²) in [5.74, 6) is 0.413. The Bertz CT molecular complexity index is 811. The summed E-state index contributed by atoms with van der Waals surface area (Å²) in [5, 5.41) is 4.32. The molecule has 0 spiro atoms. The predicted molar refractivity (Wildman–Crippen MR) is 84.3 cm³/mol. The molecule has 0 radical (unpaired) electrons. The highest BCUT2D eigenvalue weighted by Crippen LogP contribution is 2.27. The van der Waals surface area contributed by atoms with Gasteiger partial charge in [-0.1, -0.05) is 17.7 Å². The number of H-pyrrole nitrogens is 1. The molecule has 3 rings (SSSR count). The van der Waals surface area contributed by atoms with E-state index in [1.165, 1.54) is 0 Å². The highest BCUT2D eigenvalue weighted by atomic mass is 35.5. The molecule has 0 aliphatic carbocycles. The minimum absolute atomic E-state index is 0.221. The van der Waals surface area contributed by atoms with Crippen LogP contribution >= 0.6 is 11.6 Å². The zero-order valence-electron chi connectivity index (χ0n) is 11.3. The average Bonchev–Trinajstić information content (AvgIpc) is 2.96. The maximum absolute atomic E-state index is 12.3. The van der Waals surface area contributed by atoms with Crippen molar-refractivity contribution in [2.75, 3.05) is 12.4 Å². The van der Waals surface area contributed by atoms with Gasteiger partial charge in [-0.15, -0.1) is 0 Å². The Morgan fingerprint density at radius 3 is 2.86 bits per heavy atom. The number of halogens is 1. The third kappa shape index (κ3) is 2.71. The Morgan fingerprint density at radius 1 is 1.19 bits per heavy atom. The molecule has 0 saturated carbocycles. The van der Waals surface area contributed by atoms with Crippen molar-refractivity contribution in [2.45, 2.75) is 0 Å². The zero-order valence-corrected chi connectivity index (χ0v) is 12.1. The Balaban J connectivity index is 1.88. The maximum atomic E-state index is 12.3.